The van der Waals surface area contributed by atoms with Crippen molar-refractivity contribution < 1.29 is 13.9 Å². The molecule has 3 aromatic heterocycles. The van der Waals surface area contributed by atoms with Crippen LogP contribution in [0.25, 0.3) is 16.1 Å². The van der Waals surface area contributed by atoms with Crippen molar-refractivity contribution in [2.45, 2.75) is 6.61 Å². The lowest BCUT2D eigenvalue weighted by Gasteiger charge is -2.07. The van der Waals surface area contributed by atoms with Crippen LogP contribution < -0.4 is 0 Å². The minimum atomic E-state index is -0.476. The van der Waals surface area contributed by atoms with E-state index < -0.39 is 5.97 Å². The maximum atomic E-state index is 13.9. The van der Waals surface area contributed by atoms with Gasteiger partial charge in [-0.05, 0) is 35.4 Å². The van der Waals surface area contributed by atoms with Crippen LogP contribution in [0.3, 0.4) is 0 Å². The topological polar surface area (TPSA) is 56.5 Å². The second-order valence-electron chi connectivity index (χ2n) is 5.37. The summed E-state index contributed by atoms with van der Waals surface area (Å²) in [7, 11) is 0. The predicted molar refractivity (Wildman–Crippen MR) is 91.8 cm³/mol. The maximum Gasteiger partial charge on any atom is 0.356 e. The number of thiazole rings is 1. The summed E-state index contributed by atoms with van der Waals surface area (Å²) < 4.78 is 20.9. The number of halogens is 1. The van der Waals surface area contributed by atoms with E-state index in [1.165, 1.54) is 23.5 Å². The highest BCUT2D eigenvalue weighted by atomic mass is 32.1. The number of esters is 1. The van der Waals surface area contributed by atoms with Crippen LogP contribution in [0.15, 0.2) is 60.5 Å². The van der Waals surface area contributed by atoms with Crippen LogP contribution in [0.2, 0.25) is 0 Å². The van der Waals surface area contributed by atoms with Gasteiger partial charge in [0.05, 0.1) is 0 Å². The van der Waals surface area contributed by atoms with E-state index in [2.05, 4.69) is 9.97 Å². The molecule has 0 bridgehead atoms. The number of pyridine rings is 1. The number of carbonyl (C=O) groups is 1. The average molecular weight is 353 g/mol. The van der Waals surface area contributed by atoms with E-state index in [1.807, 2.05) is 6.07 Å². The molecule has 5 nitrogen and oxygen atoms in total. The number of hydrogen-bond acceptors (Lipinski definition) is 5. The molecular weight excluding hydrogens is 341 g/mol. The van der Waals surface area contributed by atoms with Gasteiger partial charge in [-0.25, -0.2) is 14.2 Å². The lowest BCUT2D eigenvalue weighted by Crippen LogP contribution is -2.07. The van der Waals surface area contributed by atoms with E-state index in [-0.39, 0.29) is 12.4 Å². The van der Waals surface area contributed by atoms with E-state index in [1.54, 1.807) is 46.7 Å². The van der Waals surface area contributed by atoms with Gasteiger partial charge in [0.2, 0.25) is 0 Å². The number of hydrogen-bond donors (Lipinski definition) is 0. The smallest absolute Gasteiger partial charge is 0.356 e. The average Bonchev–Trinajstić information content (AvgIpc) is 3.23. The molecule has 0 saturated heterocycles. The quantitative estimate of drug-likeness (QED) is 0.521. The zero-order chi connectivity index (χ0) is 17.2. The van der Waals surface area contributed by atoms with Crippen molar-refractivity contribution >= 4 is 22.3 Å². The highest BCUT2D eigenvalue weighted by Crippen LogP contribution is 2.22. The normalized spacial score (nSPS) is 10.9. The van der Waals surface area contributed by atoms with Crippen LogP contribution >= 0.6 is 11.3 Å². The summed E-state index contributed by atoms with van der Waals surface area (Å²) in [6, 6.07) is 8.20. The van der Waals surface area contributed by atoms with Crippen molar-refractivity contribution in [1.29, 1.82) is 0 Å². The molecule has 7 heteroatoms. The number of fused-ring (bicyclic) bond motifs is 1. The summed E-state index contributed by atoms with van der Waals surface area (Å²) in [6.07, 6.45) is 6.63. The van der Waals surface area contributed by atoms with Gasteiger partial charge in [-0.3, -0.25) is 9.38 Å². The Hall–Kier alpha value is -3.06. The molecule has 4 rings (SSSR count). The lowest BCUT2D eigenvalue weighted by atomic mass is 10.0. The van der Waals surface area contributed by atoms with Crippen molar-refractivity contribution in [2.24, 2.45) is 0 Å². The third-order valence-corrected chi connectivity index (χ3v) is 4.53. The Morgan fingerprint density at radius 1 is 1.24 bits per heavy atom. The molecule has 4 aromatic rings. The molecule has 0 amide bonds. The van der Waals surface area contributed by atoms with Gasteiger partial charge < -0.3 is 4.74 Å². The monoisotopic (exact) mass is 353 g/mol. The summed E-state index contributed by atoms with van der Waals surface area (Å²) in [5, 5.41) is 1.69. The molecule has 0 radical (unpaired) electrons. The van der Waals surface area contributed by atoms with Crippen LogP contribution in [0.4, 0.5) is 4.39 Å². The van der Waals surface area contributed by atoms with Gasteiger partial charge in [0.25, 0.3) is 0 Å². The fourth-order valence-corrected chi connectivity index (χ4v) is 3.35. The molecule has 0 N–H and O–H groups in total. The molecule has 0 unspecified atom stereocenters. The van der Waals surface area contributed by atoms with Crippen molar-refractivity contribution in [1.82, 2.24) is 14.4 Å². The van der Waals surface area contributed by atoms with Crippen molar-refractivity contribution in [3.63, 3.8) is 0 Å². The molecule has 0 spiro atoms. The number of ether oxygens (including phenoxy) is 1. The molecule has 25 heavy (non-hydrogen) atoms. The minimum absolute atomic E-state index is 0.0180. The molecule has 0 saturated carbocycles. The predicted octanol–water partition coefficient (Wildman–Crippen LogP) is 3.95. The Labute approximate surface area is 146 Å². The van der Waals surface area contributed by atoms with Gasteiger partial charge >= 0.3 is 5.97 Å². The first kappa shape index (κ1) is 15.5. The number of benzene rings is 1. The zero-order valence-electron chi connectivity index (χ0n) is 12.9. The molecule has 0 aliphatic carbocycles. The van der Waals surface area contributed by atoms with E-state index in [9.17, 15) is 9.18 Å². The number of aromatic nitrogens is 3. The lowest BCUT2D eigenvalue weighted by molar-refractivity contribution is 0.0464. The van der Waals surface area contributed by atoms with Gasteiger partial charge in [-0.1, -0.05) is 6.07 Å². The summed E-state index contributed by atoms with van der Waals surface area (Å²) >= 11 is 1.36. The van der Waals surface area contributed by atoms with Gasteiger partial charge in [-0.15, -0.1) is 11.3 Å². The highest BCUT2D eigenvalue weighted by Gasteiger charge is 2.14. The number of carbonyl (C=O) groups excluding carboxylic acids is 1. The van der Waals surface area contributed by atoms with Crippen molar-refractivity contribution in [3.05, 3.63) is 77.6 Å². The largest absolute Gasteiger partial charge is 0.456 e. The maximum absolute atomic E-state index is 13.9. The summed E-state index contributed by atoms with van der Waals surface area (Å²) in [4.78, 5) is 21.1. The number of rotatable bonds is 4. The Kier molecular flexibility index (Phi) is 3.99. The Morgan fingerprint density at radius 2 is 2.16 bits per heavy atom. The van der Waals surface area contributed by atoms with Gasteiger partial charge in [0.1, 0.15) is 18.1 Å². The van der Waals surface area contributed by atoms with Crippen LogP contribution in [0.1, 0.15) is 16.1 Å². The molecule has 3 heterocycles. The van der Waals surface area contributed by atoms with Crippen LogP contribution in [-0.4, -0.2) is 20.3 Å². The van der Waals surface area contributed by atoms with Crippen molar-refractivity contribution in [2.75, 3.05) is 0 Å². The van der Waals surface area contributed by atoms with Crippen molar-refractivity contribution in [3.8, 4) is 11.1 Å². The first-order chi connectivity index (χ1) is 12.2. The van der Waals surface area contributed by atoms with Gasteiger partial charge in [0, 0.05) is 35.7 Å². The Balaban J connectivity index is 1.54. The fourth-order valence-electron chi connectivity index (χ4n) is 2.53. The number of imidazole rings is 1. The van der Waals surface area contributed by atoms with E-state index in [4.69, 9.17) is 4.74 Å². The van der Waals surface area contributed by atoms with E-state index in [0.29, 0.717) is 16.8 Å². The Morgan fingerprint density at radius 3 is 3.00 bits per heavy atom. The first-order valence-corrected chi connectivity index (χ1v) is 8.36. The van der Waals surface area contributed by atoms with E-state index in [0.717, 1.165) is 10.5 Å². The molecular formula is C18H12FN3O2S. The molecule has 1 aromatic carbocycles. The second-order valence-corrected chi connectivity index (χ2v) is 6.20. The number of nitrogens with zero attached hydrogens (tertiary/aromatic N) is 3. The molecule has 0 atom stereocenters. The first-order valence-electron chi connectivity index (χ1n) is 7.48. The fraction of sp³-hybridized carbons (Fsp3) is 0.0556. The van der Waals surface area contributed by atoms with Crippen LogP contribution in [0.5, 0.6) is 0 Å². The molecule has 0 fully saturated rings. The third-order valence-electron chi connectivity index (χ3n) is 3.67. The summed E-state index contributed by atoms with van der Waals surface area (Å²) in [5.74, 6) is -0.864. The summed E-state index contributed by atoms with van der Waals surface area (Å²) in [6.45, 7) is -0.0180. The highest BCUT2D eigenvalue weighted by molar-refractivity contribution is 7.15. The zero-order valence-corrected chi connectivity index (χ0v) is 13.7. The standard InChI is InChI=1S/C18H12FN3O2S/c19-15-7-12(6-14(8-15)13-2-1-3-20-9-13)10-24-17(23)16-11-25-18-21-4-5-22(16)18/h1-9,11H,10H2. The molecule has 0 aliphatic heterocycles. The van der Waals surface area contributed by atoms with Crippen LogP contribution in [0, 0.1) is 5.82 Å². The Bertz CT molecular complexity index is 1040. The second kappa shape index (κ2) is 6.45. The van der Waals surface area contributed by atoms with E-state index >= 15 is 0 Å². The third kappa shape index (κ3) is 3.14. The molecule has 124 valence electrons. The SMILES string of the molecule is O=C(OCc1cc(F)cc(-c2cccnc2)c1)c1csc2nccn12. The van der Waals surface area contributed by atoms with Crippen LogP contribution in [-0.2, 0) is 11.3 Å². The molecule has 0 aliphatic rings. The summed E-state index contributed by atoms with van der Waals surface area (Å²) in [5.41, 5.74) is 2.46. The van der Waals surface area contributed by atoms with Gasteiger partial charge in [0.15, 0.2) is 4.96 Å². The van der Waals surface area contributed by atoms with Gasteiger partial charge in [-0.2, -0.15) is 0 Å². The minimum Gasteiger partial charge on any atom is -0.456 e.